The second-order valence-electron chi connectivity index (χ2n) is 6.53. The molecule has 0 saturated heterocycles. The predicted molar refractivity (Wildman–Crippen MR) is 108 cm³/mol. The molecule has 0 saturated carbocycles. The van der Waals surface area contributed by atoms with Gasteiger partial charge in [-0.3, -0.25) is 14.6 Å². The summed E-state index contributed by atoms with van der Waals surface area (Å²) in [5, 5.41) is 11.8. The van der Waals surface area contributed by atoms with Crippen LogP contribution < -0.4 is 16.6 Å². The van der Waals surface area contributed by atoms with E-state index < -0.39 is 11.4 Å². The SMILES string of the molecule is Cc1ccc(CNC(=O)c2nnc(CCCCn3ccc(N)c(F)c3=O)s2)cn1. The van der Waals surface area contributed by atoms with Crippen molar-refractivity contribution >= 4 is 22.9 Å². The standard InChI is InChI=1S/C19H21FN6O2S/c1-12-5-6-13(10-22-12)11-23-17(27)18-25-24-15(29-18)4-2-3-8-26-9-7-14(21)16(20)19(26)28/h5-7,9-10H,2-4,8,11,21H2,1H3,(H,23,27). The fourth-order valence-corrected chi connectivity index (χ4v) is 3.40. The van der Waals surface area contributed by atoms with Gasteiger partial charge in [0.2, 0.25) is 10.8 Å². The van der Waals surface area contributed by atoms with Crippen LogP contribution in [0, 0.1) is 12.7 Å². The number of carbonyl (C=O) groups excluding carboxylic acids is 1. The number of hydrogen-bond donors (Lipinski definition) is 2. The zero-order valence-corrected chi connectivity index (χ0v) is 16.7. The Morgan fingerprint density at radius 3 is 2.86 bits per heavy atom. The predicted octanol–water partition coefficient (Wildman–Crippen LogP) is 2.08. The molecule has 152 valence electrons. The van der Waals surface area contributed by atoms with E-state index >= 15 is 0 Å². The Morgan fingerprint density at radius 1 is 1.28 bits per heavy atom. The van der Waals surface area contributed by atoms with Gasteiger partial charge in [0.25, 0.3) is 11.5 Å². The lowest BCUT2D eigenvalue weighted by Crippen LogP contribution is -2.23. The minimum absolute atomic E-state index is 0.149. The fourth-order valence-electron chi connectivity index (χ4n) is 2.60. The van der Waals surface area contributed by atoms with Crippen LogP contribution in [0.25, 0.3) is 0 Å². The molecular weight excluding hydrogens is 395 g/mol. The average molecular weight is 416 g/mol. The summed E-state index contributed by atoms with van der Waals surface area (Å²) in [6.07, 6.45) is 5.21. The van der Waals surface area contributed by atoms with Gasteiger partial charge in [-0.15, -0.1) is 10.2 Å². The number of carbonyl (C=O) groups is 1. The first kappa shape index (κ1) is 20.6. The summed E-state index contributed by atoms with van der Waals surface area (Å²) in [4.78, 5) is 28.1. The van der Waals surface area contributed by atoms with Crippen molar-refractivity contribution in [2.24, 2.45) is 0 Å². The second-order valence-corrected chi connectivity index (χ2v) is 7.59. The summed E-state index contributed by atoms with van der Waals surface area (Å²) in [6, 6.07) is 5.17. The lowest BCUT2D eigenvalue weighted by molar-refractivity contribution is 0.0950. The quantitative estimate of drug-likeness (QED) is 0.543. The molecule has 3 aromatic heterocycles. The molecule has 0 aromatic carbocycles. The average Bonchev–Trinajstić information content (AvgIpc) is 3.19. The molecule has 0 aliphatic rings. The third-order valence-electron chi connectivity index (χ3n) is 4.26. The van der Waals surface area contributed by atoms with E-state index in [9.17, 15) is 14.0 Å². The molecule has 0 aliphatic heterocycles. The lowest BCUT2D eigenvalue weighted by Gasteiger charge is -2.06. The Morgan fingerprint density at radius 2 is 2.10 bits per heavy atom. The molecule has 3 heterocycles. The molecule has 3 rings (SSSR count). The molecule has 0 atom stereocenters. The summed E-state index contributed by atoms with van der Waals surface area (Å²) in [5.41, 5.74) is 6.32. The molecule has 0 bridgehead atoms. The van der Waals surface area contributed by atoms with Gasteiger partial charge < -0.3 is 15.6 Å². The maximum atomic E-state index is 13.5. The van der Waals surface area contributed by atoms with E-state index in [1.807, 2.05) is 19.1 Å². The minimum atomic E-state index is -0.923. The first-order chi connectivity index (χ1) is 13.9. The van der Waals surface area contributed by atoms with Gasteiger partial charge in [-0.25, -0.2) is 0 Å². The fraction of sp³-hybridized carbons (Fsp3) is 0.316. The first-order valence-electron chi connectivity index (χ1n) is 9.10. The van der Waals surface area contributed by atoms with Crippen molar-refractivity contribution in [3.63, 3.8) is 0 Å². The van der Waals surface area contributed by atoms with Gasteiger partial charge in [0.1, 0.15) is 5.01 Å². The first-order valence-corrected chi connectivity index (χ1v) is 9.92. The summed E-state index contributed by atoms with van der Waals surface area (Å²) in [5.74, 6) is -1.20. The number of hydrogen-bond acceptors (Lipinski definition) is 7. The van der Waals surface area contributed by atoms with E-state index in [1.54, 1.807) is 6.20 Å². The number of unbranched alkanes of at least 4 members (excludes halogenated alkanes) is 1. The van der Waals surface area contributed by atoms with E-state index in [0.29, 0.717) is 30.9 Å². The second kappa shape index (κ2) is 9.37. The van der Waals surface area contributed by atoms with E-state index in [0.717, 1.165) is 22.7 Å². The number of nitrogen functional groups attached to an aromatic ring is 1. The van der Waals surface area contributed by atoms with E-state index in [1.165, 1.54) is 28.2 Å². The van der Waals surface area contributed by atoms with E-state index in [-0.39, 0.29) is 11.6 Å². The van der Waals surface area contributed by atoms with E-state index in [4.69, 9.17) is 5.73 Å². The number of nitrogens with zero attached hydrogens (tertiary/aromatic N) is 4. The van der Waals surface area contributed by atoms with Crippen LogP contribution in [0.4, 0.5) is 10.1 Å². The molecule has 3 aromatic rings. The van der Waals surface area contributed by atoms with Crippen LogP contribution in [-0.2, 0) is 19.5 Å². The molecule has 3 N–H and O–H groups in total. The number of anilines is 1. The Bertz CT molecular complexity index is 1050. The Hall–Kier alpha value is -3.14. The van der Waals surface area contributed by atoms with Crippen molar-refractivity contribution < 1.29 is 9.18 Å². The van der Waals surface area contributed by atoms with Gasteiger partial charge in [0.15, 0.2) is 0 Å². The highest BCUT2D eigenvalue weighted by molar-refractivity contribution is 7.13. The highest BCUT2D eigenvalue weighted by Gasteiger charge is 2.13. The van der Waals surface area contributed by atoms with Crippen molar-refractivity contribution in [3.8, 4) is 0 Å². The molecule has 0 radical (unpaired) electrons. The smallest absolute Gasteiger partial charge is 0.288 e. The number of aryl methyl sites for hydroxylation is 3. The van der Waals surface area contributed by atoms with Crippen LogP contribution in [0.3, 0.4) is 0 Å². The van der Waals surface area contributed by atoms with Crippen molar-refractivity contribution in [2.45, 2.75) is 39.3 Å². The Balaban J connectivity index is 1.45. The van der Waals surface area contributed by atoms with Crippen LogP contribution in [0.15, 0.2) is 35.4 Å². The van der Waals surface area contributed by atoms with Gasteiger partial charge in [0, 0.05) is 37.6 Å². The van der Waals surface area contributed by atoms with Gasteiger partial charge in [-0.1, -0.05) is 17.4 Å². The largest absolute Gasteiger partial charge is 0.396 e. The normalized spacial score (nSPS) is 10.8. The van der Waals surface area contributed by atoms with Crippen molar-refractivity contribution in [1.29, 1.82) is 0 Å². The molecule has 0 spiro atoms. The van der Waals surface area contributed by atoms with E-state index in [2.05, 4.69) is 20.5 Å². The lowest BCUT2D eigenvalue weighted by atomic mass is 10.2. The topological polar surface area (TPSA) is 116 Å². The van der Waals surface area contributed by atoms with Crippen LogP contribution >= 0.6 is 11.3 Å². The highest BCUT2D eigenvalue weighted by atomic mass is 32.1. The van der Waals surface area contributed by atoms with Gasteiger partial charge in [0.05, 0.1) is 5.69 Å². The molecule has 1 amide bonds. The van der Waals surface area contributed by atoms with Crippen LogP contribution in [0.2, 0.25) is 0 Å². The molecule has 29 heavy (non-hydrogen) atoms. The van der Waals surface area contributed by atoms with Gasteiger partial charge >= 0.3 is 0 Å². The third-order valence-corrected chi connectivity index (χ3v) is 5.24. The zero-order chi connectivity index (χ0) is 20.8. The van der Waals surface area contributed by atoms with Crippen molar-refractivity contribution in [2.75, 3.05) is 5.73 Å². The Labute approximate surface area is 170 Å². The summed E-state index contributed by atoms with van der Waals surface area (Å²) in [6.45, 7) is 2.65. The van der Waals surface area contributed by atoms with Crippen LogP contribution in [-0.4, -0.2) is 25.7 Å². The van der Waals surface area contributed by atoms with Gasteiger partial charge in [-0.05, 0) is 37.5 Å². The van der Waals surface area contributed by atoms with Crippen molar-refractivity contribution in [1.82, 2.24) is 25.1 Å². The maximum Gasteiger partial charge on any atom is 0.288 e. The molecule has 8 nitrogen and oxygen atoms in total. The monoisotopic (exact) mass is 416 g/mol. The molecular formula is C19H21FN6O2S. The number of nitrogens with two attached hydrogens (primary N) is 1. The highest BCUT2D eigenvalue weighted by Crippen LogP contribution is 2.13. The van der Waals surface area contributed by atoms with Gasteiger partial charge in [-0.2, -0.15) is 4.39 Å². The Kier molecular flexibility index (Phi) is 6.65. The molecule has 0 unspecified atom stereocenters. The number of amides is 1. The summed E-state index contributed by atoms with van der Waals surface area (Å²) < 4.78 is 14.8. The maximum absolute atomic E-state index is 13.5. The molecule has 10 heteroatoms. The van der Waals surface area contributed by atoms with Crippen LogP contribution in [0.1, 0.15) is 38.9 Å². The minimum Gasteiger partial charge on any atom is -0.396 e. The van der Waals surface area contributed by atoms with Crippen LogP contribution in [0.5, 0.6) is 0 Å². The summed E-state index contributed by atoms with van der Waals surface area (Å²) >= 11 is 1.24. The number of rotatable bonds is 8. The number of pyridine rings is 2. The number of halogens is 1. The zero-order valence-electron chi connectivity index (χ0n) is 15.9. The number of nitrogens with one attached hydrogen (secondary N) is 1. The summed E-state index contributed by atoms with van der Waals surface area (Å²) in [7, 11) is 0. The molecule has 0 fully saturated rings. The molecule has 0 aliphatic carbocycles. The third kappa shape index (κ3) is 5.44. The van der Waals surface area contributed by atoms with Crippen molar-refractivity contribution in [3.05, 3.63) is 68.0 Å². The number of aromatic nitrogens is 4.